The van der Waals surface area contributed by atoms with Crippen LogP contribution in [0.1, 0.15) is 30.6 Å². The number of Topliss-reactive ketones (excluding diaryl/α,β-unsaturated/α-hetero) is 1. The molecule has 108 valence electrons. The summed E-state index contributed by atoms with van der Waals surface area (Å²) >= 11 is 0. The Morgan fingerprint density at radius 3 is 2.30 bits per heavy atom. The number of esters is 1. The van der Waals surface area contributed by atoms with Crippen LogP contribution in [-0.2, 0) is 9.53 Å². The van der Waals surface area contributed by atoms with E-state index < -0.39 is 0 Å². The summed E-state index contributed by atoms with van der Waals surface area (Å²) in [6.07, 6.45) is 0.467. The summed E-state index contributed by atoms with van der Waals surface area (Å²) in [6, 6.07) is 7.09. The Balaban J connectivity index is 2.70. The van der Waals surface area contributed by atoms with Gasteiger partial charge in [0.15, 0.2) is 5.78 Å². The quantitative estimate of drug-likeness (QED) is 0.567. The molecule has 0 bridgehead atoms. The number of anilines is 1. The monoisotopic (exact) mass is 275 g/mol. The van der Waals surface area contributed by atoms with Gasteiger partial charge in [-0.15, -0.1) is 0 Å². The van der Waals surface area contributed by atoms with Crippen LogP contribution < -0.4 is 4.90 Å². The highest BCUT2D eigenvalue weighted by Gasteiger charge is 2.10. The molecule has 0 saturated carbocycles. The fraction of sp³-hybridized carbons (Fsp3) is 0.375. The SMILES string of the molecule is C=C(CN(C)c1ccc(C(=O)OCC)cc1)C(=O)CC. The van der Waals surface area contributed by atoms with Gasteiger partial charge in [0.1, 0.15) is 0 Å². The zero-order valence-electron chi connectivity index (χ0n) is 12.3. The molecule has 1 rings (SSSR count). The van der Waals surface area contributed by atoms with Gasteiger partial charge in [0.2, 0.25) is 0 Å². The molecule has 0 amide bonds. The lowest BCUT2D eigenvalue weighted by atomic mass is 10.1. The Kier molecular flexibility index (Phi) is 5.97. The van der Waals surface area contributed by atoms with Gasteiger partial charge in [-0.3, -0.25) is 4.79 Å². The third kappa shape index (κ3) is 4.23. The number of carbonyl (C=O) groups excluding carboxylic acids is 2. The average molecular weight is 275 g/mol. The fourth-order valence-corrected chi connectivity index (χ4v) is 1.78. The summed E-state index contributed by atoms with van der Waals surface area (Å²) < 4.78 is 4.93. The summed E-state index contributed by atoms with van der Waals surface area (Å²) in [4.78, 5) is 25.0. The maximum absolute atomic E-state index is 11.5. The van der Waals surface area contributed by atoms with Crippen LogP contribution in [0, 0.1) is 0 Å². The van der Waals surface area contributed by atoms with E-state index >= 15 is 0 Å². The van der Waals surface area contributed by atoms with Crippen molar-refractivity contribution in [1.29, 1.82) is 0 Å². The second-order valence-electron chi connectivity index (χ2n) is 4.50. The minimum Gasteiger partial charge on any atom is -0.462 e. The largest absolute Gasteiger partial charge is 0.462 e. The zero-order chi connectivity index (χ0) is 15.1. The van der Waals surface area contributed by atoms with E-state index in [0.29, 0.717) is 30.7 Å². The molecule has 0 unspecified atom stereocenters. The molecule has 0 fully saturated rings. The Hall–Kier alpha value is -2.10. The van der Waals surface area contributed by atoms with Crippen molar-refractivity contribution in [2.45, 2.75) is 20.3 Å². The summed E-state index contributed by atoms with van der Waals surface area (Å²) in [7, 11) is 1.88. The van der Waals surface area contributed by atoms with Gasteiger partial charge in [-0.2, -0.15) is 0 Å². The Morgan fingerprint density at radius 2 is 1.80 bits per heavy atom. The number of rotatable bonds is 7. The summed E-state index contributed by atoms with van der Waals surface area (Å²) in [5.41, 5.74) is 2.03. The lowest BCUT2D eigenvalue weighted by Crippen LogP contribution is -2.23. The number of ether oxygens (including phenoxy) is 1. The normalized spacial score (nSPS) is 9.95. The standard InChI is InChI=1S/C16H21NO3/c1-5-15(18)12(3)11-17(4)14-9-7-13(8-10-14)16(19)20-6-2/h7-10H,3,5-6,11H2,1-2,4H3. The van der Waals surface area contributed by atoms with Crippen molar-refractivity contribution in [2.24, 2.45) is 0 Å². The van der Waals surface area contributed by atoms with Gasteiger partial charge in [0.05, 0.1) is 12.2 Å². The Morgan fingerprint density at radius 1 is 1.20 bits per heavy atom. The maximum Gasteiger partial charge on any atom is 0.338 e. The first-order valence-corrected chi connectivity index (χ1v) is 6.68. The topological polar surface area (TPSA) is 46.6 Å². The van der Waals surface area contributed by atoms with E-state index in [4.69, 9.17) is 4.74 Å². The van der Waals surface area contributed by atoms with Gasteiger partial charge in [0.25, 0.3) is 0 Å². The van der Waals surface area contributed by atoms with Crippen LogP contribution in [-0.4, -0.2) is 32.0 Å². The van der Waals surface area contributed by atoms with E-state index in [1.165, 1.54) is 0 Å². The van der Waals surface area contributed by atoms with Gasteiger partial charge in [-0.25, -0.2) is 4.79 Å². The molecule has 1 aromatic rings. The Labute approximate surface area is 120 Å². The zero-order valence-corrected chi connectivity index (χ0v) is 12.3. The fourth-order valence-electron chi connectivity index (χ4n) is 1.78. The second kappa shape index (κ2) is 7.48. The highest BCUT2D eigenvalue weighted by atomic mass is 16.5. The number of likely N-dealkylation sites (N-methyl/N-ethyl adjacent to an activating group) is 1. The van der Waals surface area contributed by atoms with E-state index in [2.05, 4.69) is 6.58 Å². The first kappa shape index (κ1) is 16.0. The molecule has 0 radical (unpaired) electrons. The first-order chi connectivity index (χ1) is 9.49. The van der Waals surface area contributed by atoms with Gasteiger partial charge >= 0.3 is 5.97 Å². The number of hydrogen-bond donors (Lipinski definition) is 0. The maximum atomic E-state index is 11.5. The van der Waals surface area contributed by atoms with Crippen LogP contribution >= 0.6 is 0 Å². The van der Waals surface area contributed by atoms with Crippen molar-refractivity contribution >= 4 is 17.4 Å². The van der Waals surface area contributed by atoms with E-state index in [0.717, 1.165) is 5.69 Å². The van der Waals surface area contributed by atoms with Crippen molar-refractivity contribution in [3.05, 3.63) is 42.0 Å². The molecule has 4 nitrogen and oxygen atoms in total. The summed E-state index contributed by atoms with van der Waals surface area (Å²) in [6.45, 7) is 8.23. The predicted molar refractivity (Wildman–Crippen MR) is 80.1 cm³/mol. The molecule has 4 heteroatoms. The predicted octanol–water partition coefficient (Wildman–Crippen LogP) is 2.83. The molecule has 0 saturated heterocycles. The average Bonchev–Trinajstić information content (AvgIpc) is 2.46. The third-order valence-corrected chi connectivity index (χ3v) is 2.96. The van der Waals surface area contributed by atoms with Gasteiger partial charge < -0.3 is 9.64 Å². The molecule has 0 atom stereocenters. The molecule has 0 aliphatic heterocycles. The number of benzene rings is 1. The van der Waals surface area contributed by atoms with Crippen molar-refractivity contribution in [3.63, 3.8) is 0 Å². The van der Waals surface area contributed by atoms with E-state index in [1.807, 2.05) is 31.0 Å². The van der Waals surface area contributed by atoms with Gasteiger partial charge in [-0.1, -0.05) is 13.5 Å². The number of hydrogen-bond acceptors (Lipinski definition) is 4. The van der Waals surface area contributed by atoms with E-state index in [-0.39, 0.29) is 11.8 Å². The number of nitrogens with zero attached hydrogens (tertiary/aromatic N) is 1. The van der Waals surface area contributed by atoms with Crippen LogP contribution in [0.3, 0.4) is 0 Å². The van der Waals surface area contributed by atoms with E-state index in [9.17, 15) is 9.59 Å². The molecule has 20 heavy (non-hydrogen) atoms. The van der Waals surface area contributed by atoms with Crippen LogP contribution in [0.4, 0.5) is 5.69 Å². The molecule has 0 aromatic heterocycles. The minimum absolute atomic E-state index is 0.0694. The smallest absolute Gasteiger partial charge is 0.338 e. The first-order valence-electron chi connectivity index (χ1n) is 6.68. The minimum atomic E-state index is -0.327. The highest BCUT2D eigenvalue weighted by Crippen LogP contribution is 2.16. The summed E-state index contributed by atoms with van der Waals surface area (Å²) in [5.74, 6) is -0.257. The molecule has 0 aliphatic carbocycles. The molecule has 1 aromatic carbocycles. The number of ketones is 1. The molecular weight excluding hydrogens is 254 g/mol. The van der Waals surface area contributed by atoms with Crippen LogP contribution in [0.15, 0.2) is 36.4 Å². The van der Waals surface area contributed by atoms with Crippen molar-refractivity contribution in [2.75, 3.05) is 25.1 Å². The van der Waals surface area contributed by atoms with Crippen molar-refractivity contribution in [1.82, 2.24) is 0 Å². The third-order valence-electron chi connectivity index (χ3n) is 2.96. The lowest BCUT2D eigenvalue weighted by Gasteiger charge is -2.20. The Bertz CT molecular complexity index is 491. The second-order valence-corrected chi connectivity index (χ2v) is 4.50. The van der Waals surface area contributed by atoms with Gasteiger partial charge in [-0.05, 0) is 31.2 Å². The molecule has 0 N–H and O–H groups in total. The lowest BCUT2D eigenvalue weighted by molar-refractivity contribution is -0.115. The van der Waals surface area contributed by atoms with Crippen LogP contribution in [0.5, 0.6) is 0 Å². The molecule has 0 aliphatic rings. The molecular formula is C16H21NO3. The van der Waals surface area contributed by atoms with Crippen LogP contribution in [0.2, 0.25) is 0 Å². The highest BCUT2D eigenvalue weighted by molar-refractivity contribution is 5.95. The van der Waals surface area contributed by atoms with Crippen molar-refractivity contribution in [3.8, 4) is 0 Å². The summed E-state index contributed by atoms with van der Waals surface area (Å²) in [5, 5.41) is 0. The van der Waals surface area contributed by atoms with Crippen LogP contribution in [0.25, 0.3) is 0 Å². The van der Waals surface area contributed by atoms with Gasteiger partial charge in [0, 0.05) is 31.3 Å². The van der Waals surface area contributed by atoms with Crippen molar-refractivity contribution < 1.29 is 14.3 Å². The molecule has 0 spiro atoms. The number of carbonyl (C=O) groups is 2. The van der Waals surface area contributed by atoms with E-state index in [1.54, 1.807) is 19.1 Å². The molecule has 0 heterocycles.